The van der Waals surface area contributed by atoms with Crippen molar-refractivity contribution in [3.63, 3.8) is 0 Å². The molecule has 1 heteroatoms. The van der Waals surface area contributed by atoms with Crippen LogP contribution in [0.3, 0.4) is 0 Å². The van der Waals surface area contributed by atoms with Gasteiger partial charge in [-0.05, 0) is 72.5 Å². The lowest BCUT2D eigenvalue weighted by atomic mass is 9.37. The van der Waals surface area contributed by atoms with Gasteiger partial charge in [-0.25, -0.2) is 0 Å². The summed E-state index contributed by atoms with van der Waals surface area (Å²) >= 11 is 0. The molecule has 0 radical (unpaired) electrons. The maximum absolute atomic E-state index is 11.2. The topological polar surface area (TPSA) is 20.2 Å². The SMILES string of the molecule is CC1(C)CCC[C@@]2(C)[C@H]1CC[C@@]1(C)[C@@H](O)[C@@]3(C)CC[C@]21C3. The number of aliphatic hydroxyl groups excluding tert-OH is 1. The zero-order valence-corrected chi connectivity index (χ0v) is 14.8. The van der Waals surface area contributed by atoms with Gasteiger partial charge in [0, 0.05) is 5.41 Å². The Morgan fingerprint density at radius 1 is 0.810 bits per heavy atom. The molecule has 1 N–H and O–H groups in total. The minimum absolute atomic E-state index is 0.0680. The molecule has 0 unspecified atom stereocenters. The average molecular weight is 290 g/mol. The van der Waals surface area contributed by atoms with Crippen LogP contribution in [0.15, 0.2) is 0 Å². The van der Waals surface area contributed by atoms with E-state index >= 15 is 0 Å². The Hall–Kier alpha value is -0.0400. The summed E-state index contributed by atoms with van der Waals surface area (Å²) in [4.78, 5) is 0. The molecule has 4 saturated carbocycles. The molecule has 4 aliphatic rings. The second-order valence-corrected chi connectivity index (χ2v) is 10.6. The number of aliphatic hydroxyl groups is 1. The summed E-state index contributed by atoms with van der Waals surface area (Å²) in [6.45, 7) is 12.5. The van der Waals surface area contributed by atoms with E-state index < -0.39 is 0 Å². The molecule has 6 atom stereocenters. The summed E-state index contributed by atoms with van der Waals surface area (Å²) in [7, 11) is 0. The third-order valence-corrected chi connectivity index (χ3v) is 9.46. The van der Waals surface area contributed by atoms with E-state index in [1.807, 2.05) is 0 Å². The minimum Gasteiger partial charge on any atom is -0.392 e. The summed E-state index contributed by atoms with van der Waals surface area (Å²) in [5.74, 6) is 0.861. The lowest BCUT2D eigenvalue weighted by Gasteiger charge is -2.68. The van der Waals surface area contributed by atoms with E-state index in [0.29, 0.717) is 16.2 Å². The van der Waals surface area contributed by atoms with Gasteiger partial charge in [-0.3, -0.25) is 0 Å². The molecule has 2 bridgehead atoms. The van der Waals surface area contributed by atoms with E-state index in [2.05, 4.69) is 34.6 Å². The fourth-order valence-corrected chi connectivity index (χ4v) is 8.48. The monoisotopic (exact) mass is 290 g/mol. The molecule has 0 aromatic rings. The van der Waals surface area contributed by atoms with Crippen molar-refractivity contribution in [2.24, 2.45) is 33.0 Å². The number of fused-ring (bicyclic) bond motifs is 2. The van der Waals surface area contributed by atoms with Gasteiger partial charge in [-0.15, -0.1) is 0 Å². The van der Waals surface area contributed by atoms with Crippen LogP contribution >= 0.6 is 0 Å². The lowest BCUT2D eigenvalue weighted by Crippen LogP contribution is -2.62. The highest BCUT2D eigenvalue weighted by molar-refractivity contribution is 5.26. The number of rotatable bonds is 0. The van der Waals surface area contributed by atoms with Crippen molar-refractivity contribution in [1.29, 1.82) is 0 Å². The van der Waals surface area contributed by atoms with Gasteiger partial charge in [0.2, 0.25) is 0 Å². The highest BCUT2D eigenvalue weighted by atomic mass is 16.3. The first-order valence-electron chi connectivity index (χ1n) is 9.30. The van der Waals surface area contributed by atoms with Crippen LogP contribution in [0.25, 0.3) is 0 Å². The third-order valence-electron chi connectivity index (χ3n) is 9.46. The van der Waals surface area contributed by atoms with E-state index in [1.165, 1.54) is 51.4 Å². The fraction of sp³-hybridized carbons (Fsp3) is 1.00. The van der Waals surface area contributed by atoms with Crippen molar-refractivity contribution in [2.75, 3.05) is 0 Å². The normalized spacial score (nSPS) is 61.4. The second-order valence-electron chi connectivity index (χ2n) is 10.6. The van der Waals surface area contributed by atoms with Crippen molar-refractivity contribution in [3.05, 3.63) is 0 Å². The van der Waals surface area contributed by atoms with E-state index in [9.17, 15) is 5.11 Å². The first-order valence-corrected chi connectivity index (χ1v) is 9.30. The second kappa shape index (κ2) is 3.71. The van der Waals surface area contributed by atoms with Gasteiger partial charge in [0.15, 0.2) is 0 Å². The quantitative estimate of drug-likeness (QED) is 0.652. The lowest BCUT2D eigenvalue weighted by molar-refractivity contribution is -0.211. The maximum Gasteiger partial charge on any atom is 0.0653 e. The molecule has 0 aromatic heterocycles. The van der Waals surface area contributed by atoms with E-state index in [0.717, 1.165) is 5.92 Å². The standard InChI is InChI=1S/C20H34O/c1-16(2)8-6-9-18(4)14(16)7-10-19(5)15(21)17(3)11-12-20(18,19)13-17/h14-15,21H,6-13H2,1-5H3/t14-,15-,17-,18-,19-,20-/m0/s1. The van der Waals surface area contributed by atoms with Crippen LogP contribution in [0.1, 0.15) is 86.0 Å². The molecular weight excluding hydrogens is 256 g/mol. The zero-order chi connectivity index (χ0) is 15.3. The van der Waals surface area contributed by atoms with Gasteiger partial charge >= 0.3 is 0 Å². The van der Waals surface area contributed by atoms with Crippen LogP contribution in [-0.2, 0) is 0 Å². The molecule has 1 nitrogen and oxygen atoms in total. The van der Waals surface area contributed by atoms with Crippen LogP contribution in [0.5, 0.6) is 0 Å². The molecular formula is C20H34O. The number of hydrogen-bond acceptors (Lipinski definition) is 1. The minimum atomic E-state index is -0.0680. The Morgan fingerprint density at radius 3 is 2.24 bits per heavy atom. The third kappa shape index (κ3) is 1.35. The first-order chi connectivity index (χ1) is 9.62. The van der Waals surface area contributed by atoms with Crippen LogP contribution in [0.4, 0.5) is 0 Å². The van der Waals surface area contributed by atoms with Gasteiger partial charge in [-0.2, -0.15) is 0 Å². The molecule has 120 valence electrons. The van der Waals surface area contributed by atoms with Crippen molar-refractivity contribution in [2.45, 2.75) is 92.1 Å². The Morgan fingerprint density at radius 2 is 1.52 bits per heavy atom. The molecule has 1 spiro atoms. The molecule has 0 aromatic carbocycles. The average Bonchev–Trinajstić information content (AvgIpc) is 2.82. The highest BCUT2D eigenvalue weighted by Gasteiger charge is 2.77. The van der Waals surface area contributed by atoms with Gasteiger partial charge in [0.1, 0.15) is 0 Å². The van der Waals surface area contributed by atoms with Crippen molar-refractivity contribution < 1.29 is 5.11 Å². The molecule has 4 rings (SSSR count). The molecule has 0 amide bonds. The molecule has 4 fully saturated rings. The van der Waals surface area contributed by atoms with Crippen LogP contribution < -0.4 is 0 Å². The predicted molar refractivity (Wildman–Crippen MR) is 87.0 cm³/mol. The smallest absolute Gasteiger partial charge is 0.0653 e. The summed E-state index contributed by atoms with van der Waals surface area (Å²) in [5, 5.41) is 11.2. The van der Waals surface area contributed by atoms with Gasteiger partial charge in [-0.1, -0.05) is 41.0 Å². The Bertz CT molecular complexity index is 482. The first kappa shape index (κ1) is 14.5. The van der Waals surface area contributed by atoms with Gasteiger partial charge in [0.05, 0.1) is 6.10 Å². The van der Waals surface area contributed by atoms with Crippen LogP contribution in [0, 0.1) is 33.0 Å². The van der Waals surface area contributed by atoms with Crippen LogP contribution in [-0.4, -0.2) is 11.2 Å². The van der Waals surface area contributed by atoms with E-state index in [-0.39, 0.29) is 16.9 Å². The van der Waals surface area contributed by atoms with E-state index in [4.69, 9.17) is 0 Å². The molecule has 4 aliphatic carbocycles. The van der Waals surface area contributed by atoms with Crippen molar-refractivity contribution >= 4 is 0 Å². The molecule has 0 saturated heterocycles. The Balaban J connectivity index is 1.87. The van der Waals surface area contributed by atoms with Crippen LogP contribution in [0.2, 0.25) is 0 Å². The number of hydrogen-bond donors (Lipinski definition) is 1. The fourth-order valence-electron chi connectivity index (χ4n) is 8.48. The van der Waals surface area contributed by atoms with Gasteiger partial charge < -0.3 is 5.11 Å². The molecule has 21 heavy (non-hydrogen) atoms. The largest absolute Gasteiger partial charge is 0.392 e. The predicted octanol–water partition coefficient (Wildman–Crippen LogP) is 5.17. The van der Waals surface area contributed by atoms with Gasteiger partial charge in [0.25, 0.3) is 0 Å². The summed E-state index contributed by atoms with van der Waals surface area (Å²) < 4.78 is 0. The van der Waals surface area contributed by atoms with Crippen molar-refractivity contribution in [1.82, 2.24) is 0 Å². The Kier molecular flexibility index (Phi) is 2.57. The Labute approximate surface area is 130 Å². The van der Waals surface area contributed by atoms with Crippen molar-refractivity contribution in [3.8, 4) is 0 Å². The maximum atomic E-state index is 11.2. The highest BCUT2D eigenvalue weighted by Crippen LogP contribution is 2.82. The molecule has 0 aliphatic heterocycles. The zero-order valence-electron chi connectivity index (χ0n) is 14.8. The van der Waals surface area contributed by atoms with E-state index in [1.54, 1.807) is 0 Å². The summed E-state index contributed by atoms with van der Waals surface area (Å²) in [5.41, 5.74) is 1.74. The summed E-state index contributed by atoms with van der Waals surface area (Å²) in [6, 6.07) is 0. The summed E-state index contributed by atoms with van der Waals surface area (Å²) in [6.07, 6.45) is 10.7. The molecule has 0 heterocycles.